The van der Waals surface area contributed by atoms with Gasteiger partial charge in [0, 0.05) is 18.3 Å². The first kappa shape index (κ1) is 15.4. The Labute approximate surface area is 127 Å². The topological polar surface area (TPSA) is 47.1 Å². The van der Waals surface area contributed by atoms with E-state index in [1.165, 1.54) is 5.69 Å². The third-order valence-electron chi connectivity index (χ3n) is 3.65. The lowest BCUT2D eigenvalue weighted by Crippen LogP contribution is -2.23. The van der Waals surface area contributed by atoms with E-state index in [9.17, 15) is 0 Å². The summed E-state index contributed by atoms with van der Waals surface area (Å²) in [5.74, 6) is 1.02. The number of rotatable bonds is 6. The lowest BCUT2D eigenvalue weighted by atomic mass is 10.2. The summed E-state index contributed by atoms with van der Waals surface area (Å²) in [6, 6.07) is 10.7. The van der Waals surface area contributed by atoms with Gasteiger partial charge in [-0.15, -0.1) is 0 Å². The SMILES string of the molecule is CCCCN(c1ccccc1)c1c(N)c(C)nn1C(C)C. The van der Waals surface area contributed by atoms with Gasteiger partial charge in [0.25, 0.3) is 0 Å². The van der Waals surface area contributed by atoms with E-state index in [2.05, 4.69) is 55.0 Å². The maximum atomic E-state index is 6.33. The molecule has 1 aromatic heterocycles. The van der Waals surface area contributed by atoms with Crippen molar-refractivity contribution in [1.82, 2.24) is 9.78 Å². The van der Waals surface area contributed by atoms with Crippen molar-refractivity contribution in [1.29, 1.82) is 0 Å². The minimum Gasteiger partial charge on any atom is -0.394 e. The molecule has 0 aliphatic heterocycles. The van der Waals surface area contributed by atoms with Crippen molar-refractivity contribution in [2.75, 3.05) is 17.2 Å². The lowest BCUT2D eigenvalue weighted by Gasteiger charge is -2.27. The highest BCUT2D eigenvalue weighted by atomic mass is 15.4. The normalized spacial score (nSPS) is 11.1. The maximum absolute atomic E-state index is 6.33. The molecule has 0 fully saturated rings. The third-order valence-corrected chi connectivity index (χ3v) is 3.65. The molecule has 1 heterocycles. The van der Waals surface area contributed by atoms with E-state index in [0.29, 0.717) is 0 Å². The summed E-state index contributed by atoms with van der Waals surface area (Å²) in [4.78, 5) is 2.29. The molecule has 0 spiro atoms. The molecule has 4 heteroatoms. The molecule has 0 atom stereocenters. The number of aryl methyl sites for hydroxylation is 1. The number of anilines is 3. The molecule has 2 aromatic rings. The van der Waals surface area contributed by atoms with Crippen LogP contribution in [0.15, 0.2) is 30.3 Å². The first-order chi connectivity index (χ1) is 10.1. The largest absolute Gasteiger partial charge is 0.394 e. The van der Waals surface area contributed by atoms with Gasteiger partial charge < -0.3 is 10.6 Å². The summed E-state index contributed by atoms with van der Waals surface area (Å²) in [6.45, 7) is 9.40. The summed E-state index contributed by atoms with van der Waals surface area (Å²) < 4.78 is 2.04. The van der Waals surface area contributed by atoms with Gasteiger partial charge in [-0.1, -0.05) is 31.5 Å². The third kappa shape index (κ3) is 3.20. The van der Waals surface area contributed by atoms with Crippen LogP contribution in [0.2, 0.25) is 0 Å². The second-order valence-corrected chi connectivity index (χ2v) is 5.70. The van der Waals surface area contributed by atoms with Crippen molar-refractivity contribution >= 4 is 17.2 Å². The Bertz CT molecular complexity index is 572. The number of nitrogen functional groups attached to an aromatic ring is 1. The molecule has 0 aliphatic rings. The smallest absolute Gasteiger partial charge is 0.155 e. The van der Waals surface area contributed by atoms with Crippen molar-refractivity contribution in [3.05, 3.63) is 36.0 Å². The summed E-state index contributed by atoms with van der Waals surface area (Å²) in [5, 5.41) is 4.61. The zero-order valence-corrected chi connectivity index (χ0v) is 13.5. The van der Waals surface area contributed by atoms with Crippen LogP contribution in [0.5, 0.6) is 0 Å². The summed E-state index contributed by atoms with van der Waals surface area (Å²) in [5.41, 5.74) is 9.17. The van der Waals surface area contributed by atoms with E-state index in [1.54, 1.807) is 0 Å². The first-order valence-electron chi connectivity index (χ1n) is 7.73. The van der Waals surface area contributed by atoms with Crippen LogP contribution >= 0.6 is 0 Å². The fourth-order valence-electron chi connectivity index (χ4n) is 2.46. The Morgan fingerprint density at radius 1 is 1.24 bits per heavy atom. The molecule has 0 amide bonds. The number of nitrogens with two attached hydrogens (primary N) is 1. The Balaban J connectivity index is 2.51. The molecule has 1 aromatic carbocycles. The zero-order chi connectivity index (χ0) is 15.4. The fourth-order valence-corrected chi connectivity index (χ4v) is 2.46. The quantitative estimate of drug-likeness (QED) is 0.861. The Kier molecular flexibility index (Phi) is 4.89. The van der Waals surface area contributed by atoms with Crippen molar-refractivity contribution in [3.63, 3.8) is 0 Å². The molecule has 0 radical (unpaired) electrons. The number of hydrogen-bond acceptors (Lipinski definition) is 3. The van der Waals surface area contributed by atoms with E-state index in [0.717, 1.165) is 36.6 Å². The van der Waals surface area contributed by atoms with Crippen LogP contribution in [0.4, 0.5) is 17.2 Å². The number of para-hydroxylation sites is 1. The van der Waals surface area contributed by atoms with Crippen molar-refractivity contribution in [2.24, 2.45) is 0 Å². The molecule has 0 aliphatic carbocycles. The molecule has 0 saturated heterocycles. The molecule has 2 rings (SSSR count). The summed E-state index contributed by atoms with van der Waals surface area (Å²) in [6.07, 6.45) is 2.27. The Morgan fingerprint density at radius 2 is 1.90 bits per heavy atom. The second-order valence-electron chi connectivity index (χ2n) is 5.70. The molecule has 0 bridgehead atoms. The van der Waals surface area contributed by atoms with Crippen molar-refractivity contribution in [2.45, 2.75) is 46.6 Å². The minimum absolute atomic E-state index is 0.281. The number of unbranched alkanes of at least 4 members (excludes halogenated alkanes) is 1. The summed E-state index contributed by atoms with van der Waals surface area (Å²) in [7, 11) is 0. The van der Waals surface area contributed by atoms with Crippen LogP contribution in [-0.4, -0.2) is 16.3 Å². The number of aromatic nitrogens is 2. The van der Waals surface area contributed by atoms with E-state index in [1.807, 2.05) is 17.7 Å². The Morgan fingerprint density at radius 3 is 2.48 bits per heavy atom. The number of benzene rings is 1. The molecule has 0 unspecified atom stereocenters. The maximum Gasteiger partial charge on any atom is 0.155 e. The highest BCUT2D eigenvalue weighted by molar-refractivity contribution is 5.73. The van der Waals surface area contributed by atoms with Gasteiger partial charge in [0.15, 0.2) is 5.82 Å². The molecular formula is C17H26N4. The molecule has 4 nitrogen and oxygen atoms in total. The fraction of sp³-hybridized carbons (Fsp3) is 0.471. The number of hydrogen-bond donors (Lipinski definition) is 1. The van der Waals surface area contributed by atoms with Crippen molar-refractivity contribution in [3.8, 4) is 0 Å². The van der Waals surface area contributed by atoms with Crippen LogP contribution in [0.25, 0.3) is 0 Å². The highest BCUT2D eigenvalue weighted by Gasteiger charge is 2.21. The molecule has 114 valence electrons. The Hall–Kier alpha value is -1.97. The van der Waals surface area contributed by atoms with Crippen LogP contribution in [0.1, 0.15) is 45.3 Å². The van der Waals surface area contributed by atoms with Crippen LogP contribution in [0, 0.1) is 6.92 Å². The van der Waals surface area contributed by atoms with Crippen molar-refractivity contribution < 1.29 is 0 Å². The number of nitrogens with zero attached hydrogens (tertiary/aromatic N) is 3. The van der Waals surface area contributed by atoms with Gasteiger partial charge in [-0.05, 0) is 39.3 Å². The van der Waals surface area contributed by atoms with Gasteiger partial charge in [0.2, 0.25) is 0 Å². The minimum atomic E-state index is 0.281. The lowest BCUT2D eigenvalue weighted by molar-refractivity contribution is 0.527. The van der Waals surface area contributed by atoms with Gasteiger partial charge in [-0.3, -0.25) is 0 Å². The standard InChI is InChI=1S/C17H26N4/c1-5-6-12-20(15-10-8-7-9-11-15)17-16(18)14(4)19-21(17)13(2)3/h7-11,13H,5-6,12,18H2,1-4H3. The van der Waals surface area contributed by atoms with Gasteiger partial charge in [-0.25, -0.2) is 4.68 Å². The van der Waals surface area contributed by atoms with Crippen LogP contribution < -0.4 is 10.6 Å². The monoisotopic (exact) mass is 286 g/mol. The van der Waals surface area contributed by atoms with Gasteiger partial charge in [0.05, 0.1) is 11.4 Å². The average molecular weight is 286 g/mol. The highest BCUT2D eigenvalue weighted by Crippen LogP contribution is 2.34. The van der Waals surface area contributed by atoms with Crippen LogP contribution in [0.3, 0.4) is 0 Å². The first-order valence-corrected chi connectivity index (χ1v) is 7.73. The van der Waals surface area contributed by atoms with E-state index >= 15 is 0 Å². The van der Waals surface area contributed by atoms with E-state index < -0.39 is 0 Å². The predicted octanol–water partition coefficient (Wildman–Crippen LogP) is 4.29. The molecule has 21 heavy (non-hydrogen) atoms. The second kappa shape index (κ2) is 6.66. The van der Waals surface area contributed by atoms with Crippen LogP contribution in [-0.2, 0) is 0 Å². The van der Waals surface area contributed by atoms with E-state index in [4.69, 9.17) is 5.73 Å². The van der Waals surface area contributed by atoms with E-state index in [-0.39, 0.29) is 6.04 Å². The molecular weight excluding hydrogens is 260 g/mol. The molecule has 2 N–H and O–H groups in total. The predicted molar refractivity (Wildman–Crippen MR) is 90.1 cm³/mol. The molecule has 0 saturated carbocycles. The van der Waals surface area contributed by atoms with Gasteiger partial charge >= 0.3 is 0 Å². The summed E-state index contributed by atoms with van der Waals surface area (Å²) >= 11 is 0. The van der Waals surface area contributed by atoms with Gasteiger partial charge in [0.1, 0.15) is 0 Å². The average Bonchev–Trinajstić information content (AvgIpc) is 2.78. The zero-order valence-electron chi connectivity index (χ0n) is 13.5. The van der Waals surface area contributed by atoms with Gasteiger partial charge in [-0.2, -0.15) is 5.10 Å².